The molecule has 162 valence electrons. The average Bonchev–Trinajstić information content (AvgIpc) is 3.16. The van der Waals surface area contributed by atoms with E-state index in [2.05, 4.69) is 54.8 Å². The molecule has 0 spiro atoms. The topological polar surface area (TPSA) is 54.4 Å². The van der Waals surface area contributed by atoms with Crippen molar-refractivity contribution in [3.8, 4) is 17.2 Å². The summed E-state index contributed by atoms with van der Waals surface area (Å²) in [6.07, 6.45) is -0.495. The zero-order valence-corrected chi connectivity index (χ0v) is 18.2. The monoisotopic (exact) mass is 412 g/mol. The van der Waals surface area contributed by atoms with E-state index < -0.39 is 6.10 Å². The van der Waals surface area contributed by atoms with Crippen molar-refractivity contribution in [2.24, 2.45) is 0 Å². The Balaban J connectivity index is 1.21. The van der Waals surface area contributed by atoms with Crippen LogP contribution in [-0.4, -0.2) is 67.1 Å². The number of fused-ring (bicyclic) bond motifs is 1. The van der Waals surface area contributed by atoms with Gasteiger partial charge in [-0.15, -0.1) is 0 Å². The van der Waals surface area contributed by atoms with E-state index in [-0.39, 0.29) is 0 Å². The molecular weight excluding hydrogens is 380 g/mol. The molecule has 0 aromatic heterocycles. The standard InChI is InChI=1S/C24H32N2O4/c1-17-10-18(2)24(19(3)11-17)28-15-21(27)14-26-8-6-25(7-9-26)13-20-4-5-22-23(12-20)30-16-29-22/h4-5,10-12,21,27H,6-9,13-16H2,1-3H3. The van der Waals surface area contributed by atoms with Crippen LogP contribution in [0, 0.1) is 20.8 Å². The number of ether oxygens (including phenoxy) is 3. The first-order valence-corrected chi connectivity index (χ1v) is 10.7. The zero-order valence-electron chi connectivity index (χ0n) is 18.2. The van der Waals surface area contributed by atoms with Crippen LogP contribution in [0.4, 0.5) is 0 Å². The summed E-state index contributed by atoms with van der Waals surface area (Å²) in [5.74, 6) is 2.57. The zero-order chi connectivity index (χ0) is 21.1. The molecule has 2 aromatic rings. The minimum absolute atomic E-state index is 0.312. The molecule has 1 saturated heterocycles. The van der Waals surface area contributed by atoms with E-state index in [1.54, 1.807) is 0 Å². The third-order valence-corrected chi connectivity index (χ3v) is 5.80. The summed E-state index contributed by atoms with van der Waals surface area (Å²) < 4.78 is 16.8. The van der Waals surface area contributed by atoms with E-state index >= 15 is 0 Å². The highest BCUT2D eigenvalue weighted by molar-refractivity contribution is 5.44. The molecule has 1 atom stereocenters. The first-order valence-electron chi connectivity index (χ1n) is 10.7. The average molecular weight is 413 g/mol. The molecule has 1 unspecified atom stereocenters. The third kappa shape index (κ3) is 5.06. The number of nitrogens with zero attached hydrogens (tertiary/aromatic N) is 2. The van der Waals surface area contributed by atoms with Gasteiger partial charge in [-0.05, 0) is 49.6 Å². The molecule has 2 aliphatic heterocycles. The molecule has 0 saturated carbocycles. The van der Waals surface area contributed by atoms with Crippen LogP contribution in [0.25, 0.3) is 0 Å². The number of aliphatic hydroxyl groups excluding tert-OH is 1. The predicted octanol–water partition coefficient (Wildman–Crippen LogP) is 2.90. The molecular formula is C24H32N2O4. The number of aliphatic hydroxyl groups is 1. The van der Waals surface area contributed by atoms with Crippen molar-refractivity contribution in [1.29, 1.82) is 0 Å². The van der Waals surface area contributed by atoms with E-state index in [0.717, 1.165) is 61.1 Å². The summed E-state index contributed by atoms with van der Waals surface area (Å²) in [4.78, 5) is 4.76. The van der Waals surface area contributed by atoms with Gasteiger partial charge in [0.05, 0.1) is 0 Å². The van der Waals surface area contributed by atoms with E-state index in [9.17, 15) is 5.11 Å². The molecule has 30 heavy (non-hydrogen) atoms. The second-order valence-corrected chi connectivity index (χ2v) is 8.46. The van der Waals surface area contributed by atoms with Crippen molar-refractivity contribution in [2.45, 2.75) is 33.4 Å². The molecule has 0 radical (unpaired) electrons. The van der Waals surface area contributed by atoms with Crippen molar-refractivity contribution in [1.82, 2.24) is 9.80 Å². The van der Waals surface area contributed by atoms with Crippen LogP contribution >= 0.6 is 0 Å². The molecule has 1 N–H and O–H groups in total. The van der Waals surface area contributed by atoms with Crippen LogP contribution in [0.5, 0.6) is 17.2 Å². The summed E-state index contributed by atoms with van der Waals surface area (Å²) in [5, 5.41) is 10.5. The van der Waals surface area contributed by atoms with Gasteiger partial charge in [0.1, 0.15) is 18.5 Å². The number of benzene rings is 2. The van der Waals surface area contributed by atoms with Crippen LogP contribution in [-0.2, 0) is 6.54 Å². The number of hydrogen-bond donors (Lipinski definition) is 1. The van der Waals surface area contributed by atoms with Crippen LogP contribution in [0.3, 0.4) is 0 Å². The first kappa shape index (κ1) is 21.0. The van der Waals surface area contributed by atoms with Crippen LogP contribution in [0.1, 0.15) is 22.3 Å². The van der Waals surface area contributed by atoms with Gasteiger partial charge >= 0.3 is 0 Å². The lowest BCUT2D eigenvalue weighted by Gasteiger charge is -2.35. The van der Waals surface area contributed by atoms with E-state index in [1.807, 2.05) is 6.07 Å². The molecule has 0 amide bonds. The lowest BCUT2D eigenvalue weighted by Crippen LogP contribution is -2.48. The van der Waals surface area contributed by atoms with Gasteiger partial charge < -0.3 is 19.3 Å². The molecule has 2 aliphatic rings. The highest BCUT2D eigenvalue weighted by atomic mass is 16.7. The van der Waals surface area contributed by atoms with Crippen molar-refractivity contribution in [2.75, 3.05) is 46.1 Å². The fourth-order valence-electron chi connectivity index (χ4n) is 4.35. The van der Waals surface area contributed by atoms with Crippen molar-refractivity contribution in [3.05, 3.63) is 52.6 Å². The number of aryl methyl sites for hydroxylation is 3. The Morgan fingerprint density at radius 3 is 2.33 bits per heavy atom. The minimum atomic E-state index is -0.495. The van der Waals surface area contributed by atoms with Gasteiger partial charge in [0.25, 0.3) is 0 Å². The maximum absolute atomic E-state index is 10.5. The number of rotatable bonds is 7. The van der Waals surface area contributed by atoms with Crippen LogP contribution in [0.15, 0.2) is 30.3 Å². The summed E-state index contributed by atoms with van der Waals surface area (Å²) in [6.45, 7) is 12.2. The number of hydrogen-bond acceptors (Lipinski definition) is 6. The quantitative estimate of drug-likeness (QED) is 0.755. The molecule has 2 heterocycles. The normalized spacial score (nSPS) is 17.9. The van der Waals surface area contributed by atoms with Gasteiger partial charge in [-0.25, -0.2) is 0 Å². The Morgan fingerprint density at radius 1 is 0.933 bits per heavy atom. The second-order valence-electron chi connectivity index (χ2n) is 8.46. The molecule has 1 fully saturated rings. The molecule has 6 nitrogen and oxygen atoms in total. The van der Waals surface area contributed by atoms with Gasteiger partial charge in [0.2, 0.25) is 6.79 Å². The lowest BCUT2D eigenvalue weighted by molar-refractivity contribution is 0.0443. The Labute approximate surface area is 179 Å². The van der Waals surface area contributed by atoms with Crippen LogP contribution < -0.4 is 14.2 Å². The highest BCUT2D eigenvalue weighted by Crippen LogP contribution is 2.33. The largest absolute Gasteiger partial charge is 0.490 e. The fourth-order valence-corrected chi connectivity index (χ4v) is 4.35. The van der Waals surface area contributed by atoms with Gasteiger partial charge in [-0.2, -0.15) is 0 Å². The van der Waals surface area contributed by atoms with Crippen molar-refractivity contribution in [3.63, 3.8) is 0 Å². The Hall–Kier alpha value is -2.28. The summed E-state index contributed by atoms with van der Waals surface area (Å²) in [7, 11) is 0. The molecule has 0 bridgehead atoms. The van der Waals surface area contributed by atoms with Gasteiger partial charge in [0.15, 0.2) is 11.5 Å². The summed E-state index contributed by atoms with van der Waals surface area (Å²) in [6, 6.07) is 10.4. The SMILES string of the molecule is Cc1cc(C)c(OCC(O)CN2CCN(Cc3ccc4c(c3)OCO4)CC2)c(C)c1. The maximum Gasteiger partial charge on any atom is 0.231 e. The summed E-state index contributed by atoms with van der Waals surface area (Å²) in [5.41, 5.74) is 4.72. The van der Waals surface area contributed by atoms with Gasteiger partial charge in [0, 0.05) is 39.3 Å². The fraction of sp³-hybridized carbons (Fsp3) is 0.500. The first-order chi connectivity index (χ1) is 14.5. The maximum atomic E-state index is 10.5. The number of piperazine rings is 1. The van der Waals surface area contributed by atoms with E-state index in [4.69, 9.17) is 14.2 Å². The Bertz CT molecular complexity index is 854. The minimum Gasteiger partial charge on any atom is -0.490 e. The van der Waals surface area contributed by atoms with E-state index in [1.165, 1.54) is 11.1 Å². The molecule has 6 heteroatoms. The third-order valence-electron chi connectivity index (χ3n) is 5.80. The lowest BCUT2D eigenvalue weighted by atomic mass is 10.1. The highest BCUT2D eigenvalue weighted by Gasteiger charge is 2.21. The molecule has 0 aliphatic carbocycles. The predicted molar refractivity (Wildman–Crippen MR) is 116 cm³/mol. The van der Waals surface area contributed by atoms with Crippen molar-refractivity contribution < 1.29 is 19.3 Å². The molecule has 2 aromatic carbocycles. The van der Waals surface area contributed by atoms with E-state index in [0.29, 0.717) is 19.9 Å². The smallest absolute Gasteiger partial charge is 0.231 e. The number of β-amino-alcohol motifs (C(OH)–C–C–N with tert-alkyl or cyclic N) is 1. The van der Waals surface area contributed by atoms with Crippen LogP contribution in [0.2, 0.25) is 0 Å². The Morgan fingerprint density at radius 2 is 1.60 bits per heavy atom. The summed E-state index contributed by atoms with van der Waals surface area (Å²) >= 11 is 0. The van der Waals surface area contributed by atoms with Gasteiger partial charge in [-0.3, -0.25) is 9.80 Å². The molecule has 4 rings (SSSR count). The second kappa shape index (κ2) is 9.25. The van der Waals surface area contributed by atoms with Crippen molar-refractivity contribution >= 4 is 0 Å². The van der Waals surface area contributed by atoms with Gasteiger partial charge in [-0.1, -0.05) is 23.8 Å². The Kier molecular flexibility index (Phi) is 6.46.